The average Bonchev–Trinajstić information content (AvgIpc) is 3.05. The summed E-state index contributed by atoms with van der Waals surface area (Å²) in [5.41, 5.74) is -0.0525. The molecule has 0 aliphatic heterocycles. The van der Waals surface area contributed by atoms with Crippen LogP contribution in [0, 0.1) is 5.82 Å². The van der Waals surface area contributed by atoms with Crippen molar-refractivity contribution in [3.63, 3.8) is 0 Å². The summed E-state index contributed by atoms with van der Waals surface area (Å²) in [5, 5.41) is 14.4. The highest BCUT2D eigenvalue weighted by atomic mass is 19.1. The van der Waals surface area contributed by atoms with Gasteiger partial charge in [-0.25, -0.2) is 4.39 Å². The van der Waals surface area contributed by atoms with Crippen LogP contribution in [0.1, 0.15) is 0 Å². The zero-order valence-corrected chi connectivity index (χ0v) is 12.0. The van der Waals surface area contributed by atoms with Crippen molar-refractivity contribution in [1.29, 1.82) is 0 Å². The minimum Gasteiger partial charge on any atom is -0.506 e. The Hall–Kier alpha value is -3.55. The van der Waals surface area contributed by atoms with Crippen LogP contribution in [0.3, 0.4) is 0 Å². The van der Waals surface area contributed by atoms with Crippen molar-refractivity contribution in [2.45, 2.75) is 0 Å². The number of aromatic nitrogens is 4. The second-order valence-corrected chi connectivity index (χ2v) is 5.03. The second-order valence-electron chi connectivity index (χ2n) is 5.03. The minimum absolute atomic E-state index is 0.140. The van der Waals surface area contributed by atoms with Gasteiger partial charge in [-0.05, 0) is 30.3 Å². The Bertz CT molecular complexity index is 1110. The first-order chi connectivity index (χ1) is 11.6. The molecule has 7 nitrogen and oxygen atoms in total. The van der Waals surface area contributed by atoms with Crippen LogP contribution in [-0.2, 0) is 0 Å². The Morgan fingerprint density at radius 1 is 1.25 bits per heavy atom. The monoisotopic (exact) mass is 324 g/mol. The van der Waals surface area contributed by atoms with Crippen molar-refractivity contribution in [3.05, 3.63) is 58.9 Å². The number of nitrogens with one attached hydrogen (secondary N) is 1. The van der Waals surface area contributed by atoms with E-state index < -0.39 is 11.4 Å². The van der Waals surface area contributed by atoms with E-state index in [4.69, 9.17) is 4.52 Å². The standard InChI is InChI=1S/C16H9FN4O3/c17-9-3-4-10-11(6-9)19-15(23)12(13(10)22)16-20-14(21-24-16)8-2-1-5-18-7-8/h1-7H,(H2,19,22,23). The lowest BCUT2D eigenvalue weighted by atomic mass is 10.1. The van der Waals surface area contributed by atoms with Gasteiger partial charge < -0.3 is 14.6 Å². The molecule has 0 bridgehead atoms. The molecule has 0 aliphatic carbocycles. The van der Waals surface area contributed by atoms with Crippen LogP contribution >= 0.6 is 0 Å². The molecule has 0 saturated carbocycles. The number of rotatable bonds is 2. The molecule has 4 aromatic rings. The summed E-state index contributed by atoms with van der Waals surface area (Å²) in [7, 11) is 0. The number of aromatic hydroxyl groups is 1. The number of aromatic amines is 1. The van der Waals surface area contributed by atoms with Crippen LogP contribution < -0.4 is 5.56 Å². The van der Waals surface area contributed by atoms with E-state index >= 15 is 0 Å². The Morgan fingerprint density at radius 2 is 2.12 bits per heavy atom. The van der Waals surface area contributed by atoms with E-state index in [2.05, 4.69) is 20.1 Å². The number of benzene rings is 1. The van der Waals surface area contributed by atoms with E-state index in [-0.39, 0.29) is 33.9 Å². The summed E-state index contributed by atoms with van der Waals surface area (Å²) in [4.78, 5) is 22.8. The molecule has 0 radical (unpaired) electrons. The molecular formula is C16H9FN4O3. The van der Waals surface area contributed by atoms with Gasteiger partial charge in [0.25, 0.3) is 11.4 Å². The van der Waals surface area contributed by atoms with Crippen molar-refractivity contribution >= 4 is 10.9 Å². The van der Waals surface area contributed by atoms with Crippen molar-refractivity contribution in [3.8, 4) is 28.6 Å². The van der Waals surface area contributed by atoms with E-state index in [1.165, 1.54) is 12.1 Å². The lowest BCUT2D eigenvalue weighted by Crippen LogP contribution is -2.09. The number of H-pyrrole nitrogens is 1. The number of hydrogen-bond donors (Lipinski definition) is 2. The smallest absolute Gasteiger partial charge is 0.267 e. The minimum atomic E-state index is -0.660. The molecule has 3 heterocycles. The van der Waals surface area contributed by atoms with Gasteiger partial charge in [0.05, 0.1) is 5.52 Å². The molecule has 0 amide bonds. The Balaban J connectivity index is 1.90. The summed E-state index contributed by atoms with van der Waals surface area (Å²) in [6.07, 6.45) is 3.14. The molecule has 1 aromatic carbocycles. The molecule has 24 heavy (non-hydrogen) atoms. The first-order valence-corrected chi connectivity index (χ1v) is 6.92. The van der Waals surface area contributed by atoms with Gasteiger partial charge >= 0.3 is 0 Å². The SMILES string of the molecule is O=c1[nH]c2cc(F)ccc2c(O)c1-c1nc(-c2cccnc2)no1. The summed E-state index contributed by atoms with van der Waals surface area (Å²) in [5.74, 6) is -0.785. The fraction of sp³-hybridized carbons (Fsp3) is 0. The third-order valence-corrected chi connectivity index (χ3v) is 3.51. The maximum Gasteiger partial charge on any atom is 0.267 e. The van der Waals surface area contributed by atoms with Crippen LogP contribution in [0.5, 0.6) is 5.75 Å². The predicted molar refractivity (Wildman–Crippen MR) is 82.7 cm³/mol. The molecule has 4 rings (SSSR count). The quantitative estimate of drug-likeness (QED) is 0.587. The Kier molecular flexibility index (Phi) is 3.09. The van der Waals surface area contributed by atoms with Gasteiger partial charge in [0, 0.05) is 23.3 Å². The number of nitrogens with zero attached hydrogens (tertiary/aromatic N) is 3. The van der Waals surface area contributed by atoms with Crippen molar-refractivity contribution in [2.24, 2.45) is 0 Å². The van der Waals surface area contributed by atoms with Crippen LogP contribution in [0.15, 0.2) is 52.0 Å². The summed E-state index contributed by atoms with van der Waals surface area (Å²) < 4.78 is 18.4. The molecule has 0 atom stereocenters. The van der Waals surface area contributed by atoms with E-state index in [9.17, 15) is 14.3 Å². The molecule has 0 unspecified atom stereocenters. The van der Waals surface area contributed by atoms with Gasteiger partial charge in [-0.15, -0.1) is 0 Å². The predicted octanol–water partition coefficient (Wildman–Crippen LogP) is 2.48. The highest BCUT2D eigenvalue weighted by molar-refractivity contribution is 5.90. The topological polar surface area (TPSA) is 105 Å². The van der Waals surface area contributed by atoms with Gasteiger partial charge in [0.15, 0.2) is 0 Å². The maximum atomic E-state index is 13.3. The fourth-order valence-electron chi connectivity index (χ4n) is 2.39. The molecule has 2 N–H and O–H groups in total. The molecule has 8 heteroatoms. The number of pyridine rings is 2. The van der Waals surface area contributed by atoms with Crippen LogP contribution in [0.2, 0.25) is 0 Å². The van der Waals surface area contributed by atoms with Crippen molar-refractivity contribution in [2.75, 3.05) is 0 Å². The van der Waals surface area contributed by atoms with E-state index in [1.807, 2.05) is 0 Å². The summed E-state index contributed by atoms with van der Waals surface area (Å²) in [6, 6.07) is 7.10. The van der Waals surface area contributed by atoms with Crippen LogP contribution in [-0.4, -0.2) is 25.2 Å². The van der Waals surface area contributed by atoms with Crippen molar-refractivity contribution in [1.82, 2.24) is 20.1 Å². The summed E-state index contributed by atoms with van der Waals surface area (Å²) >= 11 is 0. The van der Waals surface area contributed by atoms with Gasteiger partial charge in [-0.3, -0.25) is 9.78 Å². The molecular weight excluding hydrogens is 315 g/mol. The number of fused-ring (bicyclic) bond motifs is 1. The molecule has 0 spiro atoms. The van der Waals surface area contributed by atoms with Crippen molar-refractivity contribution < 1.29 is 14.0 Å². The molecule has 0 aliphatic rings. The van der Waals surface area contributed by atoms with Gasteiger partial charge in [0.1, 0.15) is 17.1 Å². The zero-order chi connectivity index (χ0) is 16.7. The molecule has 118 valence electrons. The molecule has 0 saturated heterocycles. The zero-order valence-electron chi connectivity index (χ0n) is 12.0. The van der Waals surface area contributed by atoms with E-state index in [0.717, 1.165) is 6.07 Å². The largest absolute Gasteiger partial charge is 0.506 e. The van der Waals surface area contributed by atoms with E-state index in [1.54, 1.807) is 24.5 Å². The van der Waals surface area contributed by atoms with Gasteiger partial charge in [0.2, 0.25) is 5.82 Å². The number of halogens is 1. The highest BCUT2D eigenvalue weighted by Gasteiger charge is 2.20. The van der Waals surface area contributed by atoms with Crippen LogP contribution in [0.25, 0.3) is 33.7 Å². The van der Waals surface area contributed by atoms with Crippen LogP contribution in [0.4, 0.5) is 4.39 Å². The fourth-order valence-corrected chi connectivity index (χ4v) is 2.39. The highest BCUT2D eigenvalue weighted by Crippen LogP contribution is 2.32. The lowest BCUT2D eigenvalue weighted by Gasteiger charge is -2.04. The van der Waals surface area contributed by atoms with Gasteiger partial charge in [-0.1, -0.05) is 5.16 Å². The first-order valence-electron chi connectivity index (χ1n) is 6.92. The normalized spacial score (nSPS) is 11.0. The first kappa shape index (κ1) is 14.1. The summed E-state index contributed by atoms with van der Waals surface area (Å²) in [6.45, 7) is 0. The Morgan fingerprint density at radius 3 is 2.92 bits per heavy atom. The second kappa shape index (κ2) is 5.27. The molecule has 3 aromatic heterocycles. The Labute approximate surface area is 133 Å². The maximum absolute atomic E-state index is 13.3. The lowest BCUT2D eigenvalue weighted by molar-refractivity contribution is 0.426. The van der Waals surface area contributed by atoms with E-state index in [0.29, 0.717) is 5.56 Å². The third kappa shape index (κ3) is 2.21. The molecule has 0 fully saturated rings. The average molecular weight is 324 g/mol. The third-order valence-electron chi connectivity index (χ3n) is 3.51. The van der Waals surface area contributed by atoms with Gasteiger partial charge in [-0.2, -0.15) is 4.98 Å². The number of hydrogen-bond acceptors (Lipinski definition) is 6.